The van der Waals surface area contributed by atoms with Gasteiger partial charge < -0.3 is 15.1 Å². The number of carbonyl (C=O) groups excluding carboxylic acids is 2. The molecular formula is C21H27N3O2. The normalized spacial score (nSPS) is 31.7. The molecule has 26 heavy (non-hydrogen) atoms. The number of rotatable bonds is 1. The molecule has 3 aliphatic heterocycles. The van der Waals surface area contributed by atoms with E-state index in [0.29, 0.717) is 12.0 Å². The zero-order valence-corrected chi connectivity index (χ0v) is 15.4. The van der Waals surface area contributed by atoms with Crippen LogP contribution < -0.4 is 10.2 Å². The first-order valence-electron chi connectivity index (χ1n) is 10.1. The minimum Gasteiger partial charge on any atom is -0.321 e. The fourth-order valence-electron chi connectivity index (χ4n) is 6.03. The molecule has 2 aliphatic carbocycles. The molecule has 1 aromatic carbocycles. The van der Waals surface area contributed by atoms with E-state index in [4.69, 9.17) is 0 Å². The number of hydrogen-bond acceptors (Lipinski definition) is 2. The number of hydrogen-bond donors (Lipinski definition) is 1. The van der Waals surface area contributed by atoms with Crippen molar-refractivity contribution in [1.29, 1.82) is 0 Å². The number of nitrogens with zero attached hydrogens (tertiary/aromatic N) is 2. The van der Waals surface area contributed by atoms with E-state index in [1.165, 1.54) is 32.1 Å². The molecule has 1 N–H and O–H groups in total. The van der Waals surface area contributed by atoms with Gasteiger partial charge in [-0.15, -0.1) is 0 Å². The Morgan fingerprint density at radius 1 is 1.04 bits per heavy atom. The van der Waals surface area contributed by atoms with Crippen molar-refractivity contribution in [3.8, 4) is 0 Å². The monoisotopic (exact) mass is 353 g/mol. The molecule has 4 bridgehead atoms. The summed E-state index contributed by atoms with van der Waals surface area (Å²) in [4.78, 5) is 28.6. The molecule has 2 saturated carbocycles. The van der Waals surface area contributed by atoms with Crippen LogP contribution in [0.5, 0.6) is 0 Å². The van der Waals surface area contributed by atoms with Crippen LogP contribution in [-0.4, -0.2) is 36.0 Å². The summed E-state index contributed by atoms with van der Waals surface area (Å²) in [6.07, 6.45) is 7.26. The Hall–Kier alpha value is -2.04. The number of benzene rings is 1. The molecule has 5 heteroatoms. The third-order valence-electron chi connectivity index (χ3n) is 6.97. The Bertz CT molecular complexity index is 748. The van der Waals surface area contributed by atoms with Gasteiger partial charge in [-0.2, -0.15) is 0 Å². The average molecular weight is 353 g/mol. The Morgan fingerprint density at radius 2 is 1.77 bits per heavy atom. The van der Waals surface area contributed by atoms with Crippen LogP contribution in [0.3, 0.4) is 0 Å². The van der Waals surface area contributed by atoms with Gasteiger partial charge >= 0.3 is 6.03 Å². The van der Waals surface area contributed by atoms with Gasteiger partial charge in [0.15, 0.2) is 0 Å². The number of fused-ring (bicyclic) bond motifs is 2. The largest absolute Gasteiger partial charge is 0.322 e. The summed E-state index contributed by atoms with van der Waals surface area (Å²) in [6, 6.07) is 6.42. The molecule has 3 heterocycles. The van der Waals surface area contributed by atoms with Crippen molar-refractivity contribution in [1.82, 2.24) is 4.90 Å². The van der Waals surface area contributed by atoms with Crippen LogP contribution in [0.15, 0.2) is 18.2 Å². The predicted octanol–water partition coefficient (Wildman–Crippen LogP) is 3.64. The summed E-state index contributed by atoms with van der Waals surface area (Å²) in [5.74, 6) is 2.46. The van der Waals surface area contributed by atoms with Crippen LogP contribution in [0.4, 0.5) is 16.2 Å². The van der Waals surface area contributed by atoms with Gasteiger partial charge in [0.1, 0.15) is 0 Å². The molecular weight excluding hydrogens is 326 g/mol. The van der Waals surface area contributed by atoms with Crippen LogP contribution in [-0.2, 0) is 11.2 Å². The summed E-state index contributed by atoms with van der Waals surface area (Å²) in [6.45, 7) is 3.26. The summed E-state index contributed by atoms with van der Waals surface area (Å²) in [5.41, 5.74) is 2.98. The first-order valence-corrected chi connectivity index (χ1v) is 10.1. The Kier molecular flexibility index (Phi) is 3.73. The molecule has 3 amide bonds. The molecule has 138 valence electrons. The van der Waals surface area contributed by atoms with Crippen LogP contribution in [0.25, 0.3) is 0 Å². The van der Waals surface area contributed by atoms with Crippen molar-refractivity contribution < 1.29 is 9.59 Å². The van der Waals surface area contributed by atoms with Gasteiger partial charge in [0.25, 0.3) is 0 Å². The molecule has 0 aromatic heterocycles. The average Bonchev–Trinajstić information content (AvgIpc) is 2.92. The lowest BCUT2D eigenvalue weighted by molar-refractivity contribution is -0.116. The van der Waals surface area contributed by atoms with E-state index < -0.39 is 0 Å². The van der Waals surface area contributed by atoms with Crippen LogP contribution in [0.2, 0.25) is 0 Å². The quantitative estimate of drug-likeness (QED) is 0.838. The van der Waals surface area contributed by atoms with Gasteiger partial charge in [-0.3, -0.25) is 4.79 Å². The molecule has 5 nitrogen and oxygen atoms in total. The lowest BCUT2D eigenvalue weighted by atomic mass is 9.68. The third-order valence-corrected chi connectivity index (χ3v) is 6.97. The third kappa shape index (κ3) is 2.68. The van der Waals surface area contributed by atoms with Gasteiger partial charge in [-0.05, 0) is 80.0 Å². The summed E-state index contributed by atoms with van der Waals surface area (Å²) in [7, 11) is 0. The van der Waals surface area contributed by atoms with Gasteiger partial charge in [-0.25, -0.2) is 4.79 Å². The predicted molar refractivity (Wildman–Crippen MR) is 101 cm³/mol. The number of carbonyl (C=O) groups is 2. The topological polar surface area (TPSA) is 52.7 Å². The van der Waals surface area contributed by atoms with Crippen LogP contribution in [0.1, 0.15) is 44.6 Å². The second-order valence-electron chi connectivity index (χ2n) is 8.78. The molecule has 0 radical (unpaired) electrons. The number of anilines is 2. The van der Waals surface area contributed by atoms with Crippen molar-refractivity contribution in [2.24, 2.45) is 17.8 Å². The minimum atomic E-state index is 0.0598. The van der Waals surface area contributed by atoms with E-state index in [0.717, 1.165) is 48.3 Å². The minimum absolute atomic E-state index is 0.0598. The van der Waals surface area contributed by atoms with Crippen molar-refractivity contribution in [3.63, 3.8) is 0 Å². The van der Waals surface area contributed by atoms with Crippen LogP contribution in [0, 0.1) is 17.8 Å². The standard InChI is InChI=1S/C21H27N3O2/c1-13(25)23-5-4-17-11-18(2-3-20(17)23)22-21(26)24-12-16-7-14-6-15(8-16)10-19(24)9-14/h2-3,11,14-16,19H,4-10,12H2,1H3,(H,22,26). The summed E-state index contributed by atoms with van der Waals surface area (Å²) < 4.78 is 0. The molecule has 2 unspecified atom stereocenters. The zero-order valence-electron chi connectivity index (χ0n) is 15.4. The highest BCUT2D eigenvalue weighted by Gasteiger charge is 2.44. The van der Waals surface area contributed by atoms with E-state index >= 15 is 0 Å². The molecule has 6 rings (SSSR count). The second kappa shape index (κ2) is 6.00. The van der Waals surface area contributed by atoms with E-state index in [1.54, 1.807) is 6.92 Å². The zero-order chi connectivity index (χ0) is 17.8. The highest BCUT2D eigenvalue weighted by molar-refractivity contribution is 5.95. The maximum absolute atomic E-state index is 13.0. The highest BCUT2D eigenvalue weighted by Crippen LogP contribution is 2.47. The SMILES string of the molecule is CC(=O)N1CCc2cc(NC(=O)N3CC4CC5CC(C4)CC3C5)ccc21. The van der Waals surface area contributed by atoms with Crippen molar-refractivity contribution in [2.45, 2.75) is 51.5 Å². The smallest absolute Gasteiger partial charge is 0.321 e. The van der Waals surface area contributed by atoms with Gasteiger partial charge in [0.2, 0.25) is 5.91 Å². The van der Waals surface area contributed by atoms with E-state index in [2.05, 4.69) is 10.2 Å². The number of nitrogens with one attached hydrogen (secondary N) is 1. The van der Waals surface area contributed by atoms with Crippen LogP contribution >= 0.6 is 0 Å². The molecule has 2 saturated heterocycles. The van der Waals surface area contributed by atoms with E-state index in [-0.39, 0.29) is 11.9 Å². The van der Waals surface area contributed by atoms with E-state index in [9.17, 15) is 9.59 Å². The summed E-state index contributed by atoms with van der Waals surface area (Å²) >= 11 is 0. The highest BCUT2D eigenvalue weighted by atomic mass is 16.2. The molecule has 2 atom stereocenters. The lowest BCUT2D eigenvalue weighted by Gasteiger charge is -2.38. The molecule has 5 aliphatic rings. The van der Waals surface area contributed by atoms with Gasteiger partial charge in [-0.1, -0.05) is 0 Å². The number of amides is 3. The van der Waals surface area contributed by atoms with Gasteiger partial charge in [0.05, 0.1) is 0 Å². The fourth-order valence-corrected chi connectivity index (χ4v) is 6.03. The second-order valence-corrected chi connectivity index (χ2v) is 8.78. The van der Waals surface area contributed by atoms with Crippen molar-refractivity contribution in [2.75, 3.05) is 23.3 Å². The van der Waals surface area contributed by atoms with Crippen molar-refractivity contribution >= 4 is 23.3 Å². The first-order chi connectivity index (χ1) is 12.6. The van der Waals surface area contributed by atoms with E-state index in [1.807, 2.05) is 23.1 Å². The number of urea groups is 1. The maximum atomic E-state index is 13.0. The lowest BCUT2D eigenvalue weighted by Crippen LogP contribution is -2.44. The van der Waals surface area contributed by atoms with Crippen molar-refractivity contribution in [3.05, 3.63) is 23.8 Å². The summed E-state index contributed by atoms with van der Waals surface area (Å²) in [5, 5.41) is 3.14. The first kappa shape index (κ1) is 16.2. The Labute approximate surface area is 154 Å². The molecule has 1 aromatic rings. The Morgan fingerprint density at radius 3 is 2.50 bits per heavy atom. The molecule has 4 fully saturated rings. The molecule has 0 spiro atoms. The van der Waals surface area contributed by atoms with Gasteiger partial charge in [0, 0.05) is 37.4 Å². The Balaban J connectivity index is 1.32. The maximum Gasteiger partial charge on any atom is 0.322 e. The fraction of sp³-hybridized carbons (Fsp3) is 0.619.